The normalized spacial score (nSPS) is 23.7. The van der Waals surface area contributed by atoms with Crippen LogP contribution < -0.4 is 10.6 Å². The van der Waals surface area contributed by atoms with Gasteiger partial charge in [0.15, 0.2) is 0 Å². The van der Waals surface area contributed by atoms with E-state index in [2.05, 4.69) is 10.6 Å². The number of nitrogens with one attached hydrogen (secondary N) is 2. The zero-order valence-corrected chi connectivity index (χ0v) is 11.6. The van der Waals surface area contributed by atoms with Crippen molar-refractivity contribution >= 4 is 12.0 Å². The average molecular weight is 272 g/mol. The number of aliphatic hydroxyl groups is 1. The van der Waals surface area contributed by atoms with E-state index >= 15 is 0 Å². The summed E-state index contributed by atoms with van der Waals surface area (Å²) >= 11 is 0. The van der Waals surface area contributed by atoms with Crippen LogP contribution in [0, 0.1) is 5.92 Å². The fourth-order valence-corrected chi connectivity index (χ4v) is 2.20. The van der Waals surface area contributed by atoms with E-state index in [1.165, 1.54) is 0 Å². The molecule has 1 saturated carbocycles. The van der Waals surface area contributed by atoms with Crippen LogP contribution in [0.25, 0.3) is 0 Å². The zero-order chi connectivity index (χ0) is 14.5. The predicted molar refractivity (Wildman–Crippen MR) is 70.8 cm³/mol. The minimum atomic E-state index is -0.785. The molecule has 6 heteroatoms. The molecule has 1 aliphatic carbocycles. The van der Waals surface area contributed by atoms with Gasteiger partial charge in [-0.1, -0.05) is 0 Å². The van der Waals surface area contributed by atoms with E-state index in [9.17, 15) is 14.7 Å². The Labute approximate surface area is 113 Å². The van der Waals surface area contributed by atoms with Gasteiger partial charge in [-0.05, 0) is 46.0 Å². The van der Waals surface area contributed by atoms with Crippen molar-refractivity contribution in [2.24, 2.45) is 5.92 Å². The summed E-state index contributed by atoms with van der Waals surface area (Å²) < 4.78 is 0. The van der Waals surface area contributed by atoms with E-state index in [0.717, 1.165) is 0 Å². The molecule has 0 saturated heterocycles. The molecule has 2 amide bonds. The number of carboxylic acid groups (broad SMARTS) is 1. The van der Waals surface area contributed by atoms with Gasteiger partial charge in [0.2, 0.25) is 0 Å². The second-order valence-corrected chi connectivity index (χ2v) is 5.85. The van der Waals surface area contributed by atoms with Gasteiger partial charge in [0.1, 0.15) is 0 Å². The molecule has 19 heavy (non-hydrogen) atoms. The highest BCUT2D eigenvalue weighted by atomic mass is 16.4. The minimum absolute atomic E-state index is 0.0535. The Bertz CT molecular complexity index is 317. The molecule has 1 aliphatic rings. The van der Waals surface area contributed by atoms with Crippen molar-refractivity contribution in [3.8, 4) is 0 Å². The second kappa shape index (κ2) is 6.75. The van der Waals surface area contributed by atoms with Crippen molar-refractivity contribution in [2.75, 3.05) is 6.54 Å². The van der Waals surface area contributed by atoms with Crippen molar-refractivity contribution < 1.29 is 19.8 Å². The van der Waals surface area contributed by atoms with Crippen LogP contribution >= 0.6 is 0 Å². The summed E-state index contributed by atoms with van der Waals surface area (Å²) in [5.74, 6) is -1.01. The van der Waals surface area contributed by atoms with Crippen LogP contribution in [0.3, 0.4) is 0 Å². The highest BCUT2D eigenvalue weighted by molar-refractivity contribution is 5.74. The lowest BCUT2D eigenvalue weighted by Gasteiger charge is -2.27. The molecular formula is C13H24N2O4. The summed E-state index contributed by atoms with van der Waals surface area (Å²) in [4.78, 5) is 22.4. The molecule has 0 aliphatic heterocycles. The molecule has 0 radical (unpaired) electrons. The van der Waals surface area contributed by atoms with Gasteiger partial charge in [-0.3, -0.25) is 4.79 Å². The van der Waals surface area contributed by atoms with Gasteiger partial charge in [-0.25, -0.2) is 4.79 Å². The van der Waals surface area contributed by atoms with Crippen molar-refractivity contribution in [3.63, 3.8) is 0 Å². The van der Waals surface area contributed by atoms with Gasteiger partial charge in [0.25, 0.3) is 0 Å². The summed E-state index contributed by atoms with van der Waals surface area (Å²) in [5, 5.41) is 23.9. The van der Waals surface area contributed by atoms with E-state index in [0.29, 0.717) is 38.6 Å². The number of hydrogen-bond donors (Lipinski definition) is 4. The van der Waals surface area contributed by atoms with Crippen LogP contribution in [-0.2, 0) is 4.79 Å². The molecule has 0 unspecified atom stereocenters. The quantitative estimate of drug-likeness (QED) is 0.602. The summed E-state index contributed by atoms with van der Waals surface area (Å²) in [5.41, 5.74) is -0.785. The zero-order valence-electron chi connectivity index (χ0n) is 11.6. The van der Waals surface area contributed by atoms with Gasteiger partial charge >= 0.3 is 12.0 Å². The summed E-state index contributed by atoms with van der Waals surface area (Å²) in [7, 11) is 0. The lowest BCUT2D eigenvalue weighted by atomic mass is 9.86. The molecule has 0 heterocycles. The van der Waals surface area contributed by atoms with E-state index in [-0.39, 0.29) is 18.0 Å². The SMILES string of the molecule is CC(C)(O)CCNC(=O)NC1CCC(C(=O)O)CC1. The van der Waals surface area contributed by atoms with E-state index < -0.39 is 11.6 Å². The van der Waals surface area contributed by atoms with E-state index in [4.69, 9.17) is 5.11 Å². The number of rotatable bonds is 5. The molecular weight excluding hydrogens is 248 g/mol. The smallest absolute Gasteiger partial charge is 0.315 e. The predicted octanol–water partition coefficient (Wildman–Crippen LogP) is 1.09. The maximum absolute atomic E-state index is 11.6. The number of hydrogen-bond acceptors (Lipinski definition) is 3. The molecule has 0 atom stereocenters. The standard InChI is InChI=1S/C13H24N2O4/c1-13(2,19)7-8-14-12(18)15-10-5-3-9(4-6-10)11(16)17/h9-10,19H,3-8H2,1-2H3,(H,16,17)(H2,14,15,18). The third-order valence-corrected chi connectivity index (χ3v) is 3.43. The largest absolute Gasteiger partial charge is 0.481 e. The first-order chi connectivity index (χ1) is 8.78. The molecule has 1 rings (SSSR count). The fraction of sp³-hybridized carbons (Fsp3) is 0.846. The van der Waals surface area contributed by atoms with Gasteiger partial charge in [0.05, 0.1) is 11.5 Å². The van der Waals surface area contributed by atoms with Gasteiger partial charge in [-0.15, -0.1) is 0 Å². The lowest BCUT2D eigenvalue weighted by Crippen LogP contribution is -2.45. The average Bonchev–Trinajstić information content (AvgIpc) is 2.27. The Morgan fingerprint density at radius 3 is 2.26 bits per heavy atom. The highest BCUT2D eigenvalue weighted by Gasteiger charge is 2.26. The number of amides is 2. The third-order valence-electron chi connectivity index (χ3n) is 3.43. The van der Waals surface area contributed by atoms with E-state index in [1.807, 2.05) is 0 Å². The molecule has 1 fully saturated rings. The van der Waals surface area contributed by atoms with Gasteiger partial charge < -0.3 is 20.8 Å². The molecule has 6 nitrogen and oxygen atoms in total. The Morgan fingerprint density at radius 1 is 1.21 bits per heavy atom. The molecule has 0 aromatic carbocycles. The topological polar surface area (TPSA) is 98.7 Å². The molecule has 0 bridgehead atoms. The van der Waals surface area contributed by atoms with Gasteiger partial charge in [-0.2, -0.15) is 0 Å². The number of urea groups is 1. The first kappa shape index (κ1) is 15.8. The van der Waals surface area contributed by atoms with Crippen LogP contribution in [0.15, 0.2) is 0 Å². The summed E-state index contributed by atoms with van der Waals surface area (Å²) in [6.45, 7) is 3.80. The molecule has 4 N–H and O–H groups in total. The van der Waals surface area contributed by atoms with Crippen molar-refractivity contribution in [1.29, 1.82) is 0 Å². The summed E-state index contributed by atoms with van der Waals surface area (Å²) in [6, 6.07) is -0.194. The maximum Gasteiger partial charge on any atom is 0.315 e. The Morgan fingerprint density at radius 2 is 1.79 bits per heavy atom. The molecule has 110 valence electrons. The molecule has 0 spiro atoms. The second-order valence-electron chi connectivity index (χ2n) is 5.85. The van der Waals surface area contributed by atoms with Crippen LogP contribution in [0.4, 0.5) is 4.79 Å². The highest BCUT2D eigenvalue weighted by Crippen LogP contribution is 2.24. The minimum Gasteiger partial charge on any atom is -0.481 e. The number of carbonyl (C=O) groups excluding carboxylic acids is 1. The number of aliphatic carboxylic acids is 1. The number of carboxylic acids is 1. The molecule has 0 aromatic rings. The first-order valence-electron chi connectivity index (χ1n) is 6.77. The maximum atomic E-state index is 11.6. The monoisotopic (exact) mass is 272 g/mol. The Kier molecular flexibility index (Phi) is 5.60. The van der Waals surface area contributed by atoms with Crippen LogP contribution in [0.5, 0.6) is 0 Å². The third kappa shape index (κ3) is 6.42. The van der Waals surface area contributed by atoms with E-state index in [1.54, 1.807) is 13.8 Å². The van der Waals surface area contributed by atoms with Crippen LogP contribution in [0.2, 0.25) is 0 Å². The Balaban J connectivity index is 2.18. The summed E-state index contributed by atoms with van der Waals surface area (Å²) in [6.07, 6.45) is 3.13. The number of carbonyl (C=O) groups is 2. The van der Waals surface area contributed by atoms with Crippen molar-refractivity contribution in [2.45, 2.75) is 57.6 Å². The fourth-order valence-electron chi connectivity index (χ4n) is 2.20. The van der Waals surface area contributed by atoms with Crippen LogP contribution in [0.1, 0.15) is 46.0 Å². The van der Waals surface area contributed by atoms with Crippen molar-refractivity contribution in [3.05, 3.63) is 0 Å². The van der Waals surface area contributed by atoms with Crippen LogP contribution in [-0.4, -0.2) is 40.4 Å². The first-order valence-corrected chi connectivity index (χ1v) is 6.77. The lowest BCUT2D eigenvalue weighted by molar-refractivity contribution is -0.142. The van der Waals surface area contributed by atoms with Gasteiger partial charge in [0, 0.05) is 12.6 Å². The van der Waals surface area contributed by atoms with Crippen molar-refractivity contribution in [1.82, 2.24) is 10.6 Å². The Hall–Kier alpha value is -1.30. The molecule has 0 aromatic heterocycles.